The fraction of sp³-hybridized carbons (Fsp3) is 0.562. The van der Waals surface area contributed by atoms with Crippen LogP contribution in [0.2, 0.25) is 0 Å². The number of cyclic esters (lactones) is 1. The van der Waals surface area contributed by atoms with Crippen molar-refractivity contribution in [3.05, 3.63) is 28.8 Å². The molecule has 1 heterocycles. The molecule has 0 aliphatic carbocycles. The van der Waals surface area contributed by atoms with Crippen LogP contribution in [-0.4, -0.2) is 31.9 Å². The molecule has 0 radical (unpaired) electrons. The minimum absolute atomic E-state index is 0.206. The summed E-state index contributed by atoms with van der Waals surface area (Å²) in [6.07, 6.45) is 0.560. The summed E-state index contributed by atoms with van der Waals surface area (Å²) in [6, 6.07) is 4.29. The summed E-state index contributed by atoms with van der Waals surface area (Å²) >= 11 is 0. The molecule has 1 aliphatic rings. The number of amides is 1. The van der Waals surface area contributed by atoms with Gasteiger partial charge in [0.25, 0.3) is 0 Å². The molecule has 5 heteroatoms. The van der Waals surface area contributed by atoms with Crippen molar-refractivity contribution in [2.75, 3.05) is 19.7 Å². The summed E-state index contributed by atoms with van der Waals surface area (Å²) in [6.45, 7) is 9.04. The fourth-order valence-corrected chi connectivity index (χ4v) is 2.48. The van der Waals surface area contributed by atoms with Crippen LogP contribution in [0.3, 0.4) is 0 Å². The van der Waals surface area contributed by atoms with Gasteiger partial charge in [-0.3, -0.25) is 0 Å². The van der Waals surface area contributed by atoms with Crippen molar-refractivity contribution in [3.8, 4) is 5.75 Å². The van der Waals surface area contributed by atoms with E-state index >= 15 is 0 Å². The number of hydrogen-bond donors (Lipinski definition) is 2. The van der Waals surface area contributed by atoms with Gasteiger partial charge in [0, 0.05) is 6.54 Å². The van der Waals surface area contributed by atoms with Crippen LogP contribution in [0.4, 0.5) is 4.79 Å². The van der Waals surface area contributed by atoms with E-state index in [1.807, 2.05) is 13.8 Å². The van der Waals surface area contributed by atoms with Gasteiger partial charge in [0.05, 0.1) is 6.54 Å². The number of rotatable bonds is 7. The Hall–Kier alpha value is -1.75. The molecule has 1 unspecified atom stereocenters. The van der Waals surface area contributed by atoms with Gasteiger partial charge in [-0.25, -0.2) is 4.79 Å². The molecule has 0 aromatic heterocycles. The zero-order valence-electron chi connectivity index (χ0n) is 13.0. The molecule has 2 rings (SSSR count). The number of ether oxygens (including phenoxy) is 2. The number of aryl methyl sites for hydroxylation is 2. The minimum Gasteiger partial charge on any atom is -0.489 e. The highest BCUT2D eigenvalue weighted by Crippen LogP contribution is 2.25. The molecule has 21 heavy (non-hydrogen) atoms. The maximum absolute atomic E-state index is 11.0. The van der Waals surface area contributed by atoms with Gasteiger partial charge in [0.1, 0.15) is 12.4 Å². The average Bonchev–Trinajstić information content (AvgIpc) is 2.84. The van der Waals surface area contributed by atoms with Crippen molar-refractivity contribution in [1.82, 2.24) is 10.6 Å². The molecule has 1 amide bonds. The van der Waals surface area contributed by atoms with Crippen LogP contribution in [0, 0.1) is 13.8 Å². The van der Waals surface area contributed by atoms with E-state index in [0.717, 1.165) is 36.4 Å². The third kappa shape index (κ3) is 4.36. The number of carbonyl (C=O) groups excluding carboxylic acids is 1. The van der Waals surface area contributed by atoms with E-state index in [0.29, 0.717) is 13.2 Å². The van der Waals surface area contributed by atoms with Crippen molar-refractivity contribution in [2.24, 2.45) is 0 Å². The molecule has 1 atom stereocenters. The Kier molecular flexibility index (Phi) is 5.44. The highest BCUT2D eigenvalue weighted by Gasteiger charge is 2.23. The Bertz CT molecular complexity index is 479. The van der Waals surface area contributed by atoms with Crippen molar-refractivity contribution in [3.63, 3.8) is 0 Å². The molecule has 5 nitrogen and oxygen atoms in total. The number of nitrogens with one attached hydrogen (secondary N) is 2. The van der Waals surface area contributed by atoms with Gasteiger partial charge < -0.3 is 20.1 Å². The van der Waals surface area contributed by atoms with Crippen LogP contribution in [-0.2, 0) is 11.3 Å². The topological polar surface area (TPSA) is 59.6 Å². The Balaban J connectivity index is 1.94. The molecule has 0 spiro atoms. The van der Waals surface area contributed by atoms with Crippen LogP contribution in [0.1, 0.15) is 30.0 Å². The fourth-order valence-electron chi connectivity index (χ4n) is 2.48. The Morgan fingerprint density at radius 3 is 2.67 bits per heavy atom. The van der Waals surface area contributed by atoms with E-state index in [4.69, 9.17) is 9.47 Å². The van der Waals surface area contributed by atoms with E-state index < -0.39 is 0 Å². The van der Waals surface area contributed by atoms with E-state index in [2.05, 4.69) is 29.7 Å². The second kappa shape index (κ2) is 7.31. The lowest BCUT2D eigenvalue weighted by molar-refractivity contribution is 0.104. The van der Waals surface area contributed by atoms with Crippen molar-refractivity contribution in [2.45, 2.75) is 39.8 Å². The zero-order chi connectivity index (χ0) is 15.2. The minimum atomic E-state index is -0.366. The van der Waals surface area contributed by atoms with Crippen molar-refractivity contribution in [1.29, 1.82) is 0 Å². The molecule has 1 saturated heterocycles. The van der Waals surface area contributed by atoms with Crippen LogP contribution in [0.25, 0.3) is 0 Å². The summed E-state index contributed by atoms with van der Waals surface area (Å²) in [5.41, 5.74) is 3.49. The lowest BCUT2D eigenvalue weighted by atomic mass is 10.1. The SMILES string of the molecule is CCCNCc1cc(C)c(OCC2CNC(=O)O2)c(C)c1. The van der Waals surface area contributed by atoms with Crippen LogP contribution < -0.4 is 15.4 Å². The summed E-state index contributed by atoms with van der Waals surface area (Å²) in [5, 5.41) is 6.02. The molecule has 1 fully saturated rings. The smallest absolute Gasteiger partial charge is 0.407 e. The standard InChI is InChI=1S/C16H24N2O3/c1-4-5-17-8-13-6-11(2)15(12(3)7-13)20-10-14-9-18-16(19)21-14/h6-7,14,17H,4-5,8-10H2,1-3H3,(H,18,19). The first-order chi connectivity index (χ1) is 10.1. The second-order valence-electron chi connectivity index (χ2n) is 5.45. The zero-order valence-corrected chi connectivity index (χ0v) is 13.0. The number of benzene rings is 1. The van der Waals surface area contributed by atoms with Gasteiger partial charge in [-0.15, -0.1) is 0 Å². The molecular weight excluding hydrogens is 268 g/mol. The third-order valence-corrected chi connectivity index (χ3v) is 3.44. The van der Waals surface area contributed by atoms with Crippen molar-refractivity contribution >= 4 is 6.09 Å². The second-order valence-corrected chi connectivity index (χ2v) is 5.45. The summed E-state index contributed by atoms with van der Waals surface area (Å²) in [4.78, 5) is 11.0. The van der Waals surface area contributed by atoms with Crippen LogP contribution >= 0.6 is 0 Å². The molecule has 0 saturated carbocycles. The molecule has 116 valence electrons. The number of alkyl carbamates (subject to hydrolysis) is 1. The largest absolute Gasteiger partial charge is 0.489 e. The van der Waals surface area contributed by atoms with Gasteiger partial charge in [0.2, 0.25) is 0 Å². The van der Waals surface area contributed by atoms with Gasteiger partial charge in [-0.05, 0) is 43.5 Å². The molecule has 1 aromatic rings. The van der Waals surface area contributed by atoms with Crippen LogP contribution in [0.5, 0.6) is 5.75 Å². The van der Waals surface area contributed by atoms with Crippen molar-refractivity contribution < 1.29 is 14.3 Å². The number of carbonyl (C=O) groups is 1. The normalized spacial score (nSPS) is 17.5. The van der Waals surface area contributed by atoms with Gasteiger partial charge >= 0.3 is 6.09 Å². The lowest BCUT2D eigenvalue weighted by Gasteiger charge is -2.16. The predicted molar refractivity (Wildman–Crippen MR) is 81.7 cm³/mol. The number of hydrogen-bond acceptors (Lipinski definition) is 4. The highest BCUT2D eigenvalue weighted by atomic mass is 16.6. The molecule has 1 aromatic carbocycles. The average molecular weight is 292 g/mol. The van der Waals surface area contributed by atoms with Gasteiger partial charge in [-0.2, -0.15) is 0 Å². The van der Waals surface area contributed by atoms with E-state index in [9.17, 15) is 4.79 Å². The first-order valence-corrected chi connectivity index (χ1v) is 7.48. The summed E-state index contributed by atoms with van der Waals surface area (Å²) < 4.78 is 10.9. The van der Waals surface area contributed by atoms with Gasteiger partial charge in [0.15, 0.2) is 6.10 Å². The first kappa shape index (κ1) is 15.6. The summed E-state index contributed by atoms with van der Waals surface area (Å²) in [7, 11) is 0. The van der Waals surface area contributed by atoms with E-state index in [1.54, 1.807) is 0 Å². The molecule has 1 aliphatic heterocycles. The third-order valence-electron chi connectivity index (χ3n) is 3.44. The Morgan fingerprint density at radius 1 is 1.38 bits per heavy atom. The monoisotopic (exact) mass is 292 g/mol. The van der Waals surface area contributed by atoms with E-state index in [1.165, 1.54) is 5.56 Å². The summed E-state index contributed by atoms with van der Waals surface area (Å²) in [5.74, 6) is 0.886. The molecule has 0 bridgehead atoms. The quantitative estimate of drug-likeness (QED) is 0.757. The Morgan fingerprint density at radius 2 is 2.10 bits per heavy atom. The lowest BCUT2D eigenvalue weighted by Crippen LogP contribution is -2.22. The molecular formula is C16H24N2O3. The van der Waals surface area contributed by atoms with Gasteiger partial charge in [-0.1, -0.05) is 19.1 Å². The first-order valence-electron chi connectivity index (χ1n) is 7.48. The maximum Gasteiger partial charge on any atom is 0.407 e. The van der Waals surface area contributed by atoms with Crippen LogP contribution in [0.15, 0.2) is 12.1 Å². The highest BCUT2D eigenvalue weighted by molar-refractivity contribution is 5.69. The maximum atomic E-state index is 11.0. The Labute approximate surface area is 126 Å². The van der Waals surface area contributed by atoms with E-state index in [-0.39, 0.29) is 12.2 Å². The predicted octanol–water partition coefficient (Wildman–Crippen LogP) is 2.29. The molecule has 2 N–H and O–H groups in total.